The molecule has 1 unspecified atom stereocenters. The molecule has 1 rings (SSSR count). The molecule has 0 aliphatic heterocycles. The molecule has 0 heterocycles. The molecule has 1 atom stereocenters. The molecule has 1 radical (unpaired) electrons. The summed E-state index contributed by atoms with van der Waals surface area (Å²) in [4.78, 5) is 10.4. The number of carbonyl (C=O) groups excluding carboxylic acids is 1. The third-order valence-electron chi connectivity index (χ3n) is 2.56. The van der Waals surface area contributed by atoms with Crippen LogP contribution in [0.25, 0.3) is 0 Å². The van der Waals surface area contributed by atoms with E-state index in [-0.39, 0.29) is 55.7 Å². The molecule has 1 aromatic carbocycles. The first-order chi connectivity index (χ1) is 9.90. The van der Waals surface area contributed by atoms with Crippen molar-refractivity contribution < 1.29 is 55.9 Å². The molecule has 0 fully saturated rings. The summed E-state index contributed by atoms with van der Waals surface area (Å²) in [6, 6.07) is 4.72. The second-order valence-electron chi connectivity index (χ2n) is 4.11. The van der Waals surface area contributed by atoms with E-state index >= 15 is 0 Å². The first-order valence-electron chi connectivity index (χ1n) is 6.01. The summed E-state index contributed by atoms with van der Waals surface area (Å²) in [5.41, 5.74) is 0. The Bertz CT molecular complexity index is 633. The molecule has 0 spiro atoms. The maximum absolute atomic E-state index is 12.1. The van der Waals surface area contributed by atoms with Crippen molar-refractivity contribution in [1.29, 1.82) is 0 Å². The Morgan fingerprint density at radius 3 is 2.50 bits per heavy atom. The fourth-order valence-electron chi connectivity index (χ4n) is 1.45. The molecular weight excluding hydrogens is 383 g/mol. The molecular formula is C14H16NO5SY-. The van der Waals surface area contributed by atoms with Gasteiger partial charge < -0.3 is 11.7 Å². The molecule has 0 bridgehead atoms. The van der Waals surface area contributed by atoms with Gasteiger partial charge in [-0.3, -0.25) is 15.1 Å². The van der Waals surface area contributed by atoms with Gasteiger partial charge in [-0.15, -0.1) is 5.92 Å². The summed E-state index contributed by atoms with van der Waals surface area (Å²) in [5.74, 6) is 5.42. The van der Waals surface area contributed by atoms with E-state index in [2.05, 4.69) is 18.8 Å². The van der Waals surface area contributed by atoms with Gasteiger partial charge in [-0.05, 0) is 31.2 Å². The number of benzene rings is 1. The summed E-state index contributed by atoms with van der Waals surface area (Å²) in [7, 11) is -3.66. The summed E-state index contributed by atoms with van der Waals surface area (Å²) in [5, 5.41) is 9.33. The van der Waals surface area contributed by atoms with Gasteiger partial charge in [-0.2, -0.15) is 0 Å². The van der Waals surface area contributed by atoms with Gasteiger partial charge >= 0.3 is 0 Å². The van der Waals surface area contributed by atoms with Crippen LogP contribution in [0.1, 0.15) is 6.92 Å². The van der Waals surface area contributed by atoms with Crippen molar-refractivity contribution in [2.24, 2.45) is 0 Å². The maximum atomic E-state index is 12.1. The van der Waals surface area contributed by atoms with E-state index in [0.717, 1.165) is 0 Å². The number of hydroxylamine groups is 2. The zero-order valence-corrected chi connectivity index (χ0v) is 15.8. The maximum Gasteiger partial charge on any atom is 0.230 e. The molecule has 1 amide bonds. The van der Waals surface area contributed by atoms with Crippen molar-refractivity contribution in [3.05, 3.63) is 31.2 Å². The molecule has 8 heteroatoms. The quantitative estimate of drug-likeness (QED) is 0.242. The van der Waals surface area contributed by atoms with Gasteiger partial charge in [0.25, 0.3) is 0 Å². The van der Waals surface area contributed by atoms with Gasteiger partial charge in [0.15, 0.2) is 9.84 Å². The number of ether oxygens (including phenoxy) is 1. The molecule has 1 aromatic rings. The molecule has 6 nitrogen and oxygen atoms in total. The van der Waals surface area contributed by atoms with Crippen molar-refractivity contribution in [2.75, 3.05) is 12.4 Å². The molecule has 117 valence electrons. The Kier molecular flexibility index (Phi) is 9.53. The molecule has 22 heavy (non-hydrogen) atoms. The van der Waals surface area contributed by atoms with Crippen LogP contribution in [0, 0.1) is 18.8 Å². The zero-order chi connectivity index (χ0) is 15.9. The van der Waals surface area contributed by atoms with Crippen LogP contribution in [0.3, 0.4) is 0 Å². The van der Waals surface area contributed by atoms with Crippen molar-refractivity contribution in [2.45, 2.75) is 17.9 Å². The van der Waals surface area contributed by atoms with E-state index < -0.39 is 21.6 Å². The Morgan fingerprint density at radius 1 is 1.41 bits per heavy atom. The Morgan fingerprint density at radius 2 is 2.00 bits per heavy atom. The topological polar surface area (TPSA) is 83.9 Å². The van der Waals surface area contributed by atoms with Gasteiger partial charge in [0, 0.05) is 38.5 Å². The van der Waals surface area contributed by atoms with E-state index in [4.69, 9.17) is 9.94 Å². The minimum atomic E-state index is -3.66. The normalized spacial score (nSPS) is 11.4. The summed E-state index contributed by atoms with van der Waals surface area (Å²) in [6.45, 7) is 5.33. The van der Waals surface area contributed by atoms with Gasteiger partial charge in [0.2, 0.25) is 6.41 Å². The molecule has 0 saturated heterocycles. The Labute approximate surface area is 155 Å². The number of nitrogens with zero attached hydrogens (tertiary/aromatic N) is 1. The van der Waals surface area contributed by atoms with E-state index in [1.165, 1.54) is 24.3 Å². The fourth-order valence-corrected chi connectivity index (χ4v) is 2.85. The molecule has 0 saturated carbocycles. The number of hydrogen-bond donors (Lipinski definition) is 1. The van der Waals surface area contributed by atoms with Crippen LogP contribution >= 0.6 is 0 Å². The van der Waals surface area contributed by atoms with E-state index in [9.17, 15) is 13.2 Å². The van der Waals surface area contributed by atoms with E-state index in [1.807, 2.05) is 0 Å². The van der Waals surface area contributed by atoms with Crippen molar-refractivity contribution >= 4 is 16.2 Å². The van der Waals surface area contributed by atoms with Gasteiger partial charge in [0.05, 0.1) is 4.90 Å². The average Bonchev–Trinajstić information content (AvgIpc) is 2.46. The van der Waals surface area contributed by atoms with Crippen molar-refractivity contribution in [3.8, 4) is 17.6 Å². The number of carbonyl (C=O) groups is 1. The van der Waals surface area contributed by atoms with Crippen LogP contribution in [0.5, 0.6) is 5.75 Å². The van der Waals surface area contributed by atoms with E-state index in [1.54, 1.807) is 6.92 Å². The standard InChI is InChI=1S/C14H16NO5S.Y/c1-3-4-9-20-13-5-7-14(8-6-13)21(18,19)10-12(2)15(17)11-16;/h5-8,11-12,17H,2,9-10H2,1H3;/q-1;. The smallest absolute Gasteiger partial charge is 0.230 e. The Balaban J connectivity index is 0.00000441. The second kappa shape index (κ2) is 9.96. The molecule has 0 aliphatic rings. The average molecular weight is 399 g/mol. The monoisotopic (exact) mass is 399 g/mol. The largest absolute Gasteiger partial charge is 0.481 e. The van der Waals surface area contributed by atoms with Gasteiger partial charge in [-0.25, -0.2) is 8.42 Å². The second-order valence-corrected chi connectivity index (χ2v) is 6.14. The number of amides is 1. The fraction of sp³-hybridized carbons (Fsp3) is 0.286. The van der Waals surface area contributed by atoms with Crippen LogP contribution in [-0.2, 0) is 47.3 Å². The van der Waals surface area contributed by atoms with Crippen LogP contribution < -0.4 is 4.74 Å². The molecule has 0 aromatic heterocycles. The third kappa shape index (κ3) is 6.45. The summed E-state index contributed by atoms with van der Waals surface area (Å²) in [6.07, 6.45) is 0.110. The van der Waals surface area contributed by atoms with Crippen molar-refractivity contribution in [1.82, 2.24) is 5.06 Å². The number of rotatable bonds is 7. The third-order valence-corrected chi connectivity index (χ3v) is 4.38. The zero-order valence-electron chi connectivity index (χ0n) is 12.1. The van der Waals surface area contributed by atoms with Gasteiger partial charge in [0.1, 0.15) is 12.4 Å². The van der Waals surface area contributed by atoms with Crippen LogP contribution in [0.4, 0.5) is 0 Å². The van der Waals surface area contributed by atoms with Gasteiger partial charge in [-0.1, -0.05) is 12.0 Å². The minimum absolute atomic E-state index is 0. The molecule has 0 aliphatic carbocycles. The van der Waals surface area contributed by atoms with Crippen LogP contribution in [-0.4, -0.2) is 43.5 Å². The predicted molar refractivity (Wildman–Crippen MR) is 76.3 cm³/mol. The SMILES string of the molecule is [CH2-]C(CS(=O)(=O)c1ccc(OCC#CC)cc1)N(O)C=O.[Y]. The predicted octanol–water partition coefficient (Wildman–Crippen LogP) is 0.910. The van der Waals surface area contributed by atoms with Crippen LogP contribution in [0.2, 0.25) is 0 Å². The number of hydrogen-bond acceptors (Lipinski definition) is 5. The van der Waals surface area contributed by atoms with Crippen LogP contribution in [0.15, 0.2) is 29.2 Å². The number of sulfone groups is 1. The first kappa shape index (κ1) is 21.1. The van der Waals surface area contributed by atoms with E-state index in [0.29, 0.717) is 5.75 Å². The summed E-state index contributed by atoms with van der Waals surface area (Å²) >= 11 is 0. The molecule has 1 N–H and O–H groups in total. The van der Waals surface area contributed by atoms with Crippen molar-refractivity contribution in [3.63, 3.8) is 0 Å². The Hall–Kier alpha value is -0.936. The first-order valence-corrected chi connectivity index (χ1v) is 7.66. The minimum Gasteiger partial charge on any atom is -0.481 e. The summed E-state index contributed by atoms with van der Waals surface area (Å²) < 4.78 is 29.4.